The Hall–Kier alpha value is -0.900. The fourth-order valence-corrected chi connectivity index (χ4v) is 2.53. The molecule has 1 aromatic carbocycles. The lowest BCUT2D eigenvalue weighted by Gasteiger charge is -2.33. The molecular weight excluding hydrogens is 275 g/mol. The lowest BCUT2D eigenvalue weighted by Crippen LogP contribution is -2.34. The molecule has 86 valence electrons. The number of carboxylic acid groups (broad SMARTS) is 1. The van der Waals surface area contributed by atoms with Crippen LogP contribution in [0.1, 0.15) is 18.4 Å². The molecule has 0 radical (unpaired) electrons. The zero-order valence-corrected chi connectivity index (χ0v) is 10.2. The van der Waals surface area contributed by atoms with Gasteiger partial charge in [-0.15, -0.1) is 0 Å². The number of aliphatic carboxylic acids is 1. The summed E-state index contributed by atoms with van der Waals surface area (Å²) in [5.74, 6) is -1.01. The van der Waals surface area contributed by atoms with Crippen molar-refractivity contribution in [1.29, 1.82) is 0 Å². The first kappa shape index (κ1) is 11.6. The molecule has 0 spiro atoms. The van der Waals surface area contributed by atoms with Crippen molar-refractivity contribution >= 4 is 21.9 Å². The van der Waals surface area contributed by atoms with E-state index in [0.29, 0.717) is 4.47 Å². The van der Waals surface area contributed by atoms with E-state index in [0.717, 1.165) is 24.8 Å². The van der Waals surface area contributed by atoms with Crippen LogP contribution in [0.3, 0.4) is 0 Å². The summed E-state index contributed by atoms with van der Waals surface area (Å²) in [6.07, 6.45) is 2.43. The van der Waals surface area contributed by atoms with Gasteiger partial charge < -0.3 is 5.11 Å². The Balaban J connectivity index is 2.04. The third-order valence-electron chi connectivity index (χ3n) is 3.22. The van der Waals surface area contributed by atoms with Gasteiger partial charge in [0.15, 0.2) is 0 Å². The van der Waals surface area contributed by atoms with Crippen LogP contribution in [0.2, 0.25) is 0 Å². The highest BCUT2D eigenvalue weighted by molar-refractivity contribution is 9.10. The standard InChI is InChI=1S/C12H12BrFO2/c13-10-6-7(1-4-11(10)14)5-8-2-3-9(8)12(15)16/h1,4,6,8-9H,2-3,5H2,(H,15,16). The second-order valence-electron chi connectivity index (χ2n) is 4.23. The Morgan fingerprint density at radius 2 is 2.25 bits per heavy atom. The zero-order valence-electron chi connectivity index (χ0n) is 8.62. The van der Waals surface area contributed by atoms with Crippen LogP contribution in [-0.4, -0.2) is 11.1 Å². The highest BCUT2D eigenvalue weighted by Crippen LogP contribution is 2.37. The topological polar surface area (TPSA) is 37.3 Å². The van der Waals surface area contributed by atoms with Gasteiger partial charge in [-0.05, 0) is 58.8 Å². The molecule has 1 saturated carbocycles. The van der Waals surface area contributed by atoms with Crippen LogP contribution in [-0.2, 0) is 11.2 Å². The van der Waals surface area contributed by atoms with Gasteiger partial charge in [-0.1, -0.05) is 6.07 Å². The van der Waals surface area contributed by atoms with Crippen molar-refractivity contribution in [3.63, 3.8) is 0 Å². The Kier molecular flexibility index (Phi) is 3.28. The first-order chi connectivity index (χ1) is 7.58. The molecule has 2 nitrogen and oxygen atoms in total. The fraction of sp³-hybridized carbons (Fsp3) is 0.417. The average molecular weight is 287 g/mol. The minimum absolute atomic E-state index is 0.204. The summed E-state index contributed by atoms with van der Waals surface area (Å²) < 4.78 is 13.4. The summed E-state index contributed by atoms with van der Waals surface area (Å²) >= 11 is 3.13. The van der Waals surface area contributed by atoms with E-state index in [1.165, 1.54) is 6.07 Å². The Bertz CT molecular complexity index is 419. The smallest absolute Gasteiger partial charge is 0.306 e. The Morgan fingerprint density at radius 1 is 1.50 bits per heavy atom. The summed E-state index contributed by atoms with van der Waals surface area (Å²) in [4.78, 5) is 10.8. The normalized spacial score (nSPS) is 23.9. The zero-order chi connectivity index (χ0) is 11.7. The minimum Gasteiger partial charge on any atom is -0.481 e. The number of hydrogen-bond donors (Lipinski definition) is 1. The van der Waals surface area contributed by atoms with Gasteiger partial charge in [0.05, 0.1) is 10.4 Å². The molecule has 0 aliphatic heterocycles. The molecule has 1 aliphatic rings. The lowest BCUT2D eigenvalue weighted by molar-refractivity contribution is -0.147. The lowest BCUT2D eigenvalue weighted by atomic mass is 9.71. The van der Waals surface area contributed by atoms with E-state index in [4.69, 9.17) is 5.11 Å². The molecule has 2 atom stereocenters. The highest BCUT2D eigenvalue weighted by Gasteiger charge is 2.36. The number of benzene rings is 1. The monoisotopic (exact) mass is 286 g/mol. The van der Waals surface area contributed by atoms with Crippen molar-refractivity contribution in [2.45, 2.75) is 19.3 Å². The van der Waals surface area contributed by atoms with Crippen LogP contribution < -0.4 is 0 Å². The van der Waals surface area contributed by atoms with Crippen molar-refractivity contribution in [2.75, 3.05) is 0 Å². The van der Waals surface area contributed by atoms with Crippen molar-refractivity contribution in [1.82, 2.24) is 0 Å². The molecule has 1 aliphatic carbocycles. The third-order valence-corrected chi connectivity index (χ3v) is 3.82. The van der Waals surface area contributed by atoms with Gasteiger partial charge in [-0.3, -0.25) is 4.79 Å². The molecule has 4 heteroatoms. The van der Waals surface area contributed by atoms with Gasteiger partial charge in [0.2, 0.25) is 0 Å². The summed E-state index contributed by atoms with van der Waals surface area (Å²) in [5, 5.41) is 8.91. The first-order valence-electron chi connectivity index (χ1n) is 5.24. The molecule has 0 saturated heterocycles. The average Bonchev–Trinajstić information content (AvgIpc) is 2.17. The van der Waals surface area contributed by atoms with Crippen molar-refractivity contribution in [3.05, 3.63) is 34.1 Å². The number of hydrogen-bond acceptors (Lipinski definition) is 1. The molecule has 1 fully saturated rings. The Morgan fingerprint density at radius 3 is 2.75 bits per heavy atom. The van der Waals surface area contributed by atoms with E-state index < -0.39 is 5.97 Å². The quantitative estimate of drug-likeness (QED) is 0.926. The highest BCUT2D eigenvalue weighted by atomic mass is 79.9. The first-order valence-corrected chi connectivity index (χ1v) is 6.04. The number of rotatable bonds is 3. The maximum absolute atomic E-state index is 13.0. The summed E-state index contributed by atoms with van der Waals surface area (Å²) in [5.41, 5.74) is 0.990. The van der Waals surface area contributed by atoms with E-state index in [1.807, 2.05) is 0 Å². The van der Waals surface area contributed by atoms with Crippen molar-refractivity contribution < 1.29 is 14.3 Å². The molecule has 2 unspecified atom stereocenters. The molecule has 0 heterocycles. The van der Waals surface area contributed by atoms with E-state index in [2.05, 4.69) is 15.9 Å². The molecule has 1 N–H and O–H groups in total. The van der Waals surface area contributed by atoms with E-state index in [1.54, 1.807) is 12.1 Å². The maximum Gasteiger partial charge on any atom is 0.306 e. The maximum atomic E-state index is 13.0. The van der Waals surface area contributed by atoms with Gasteiger partial charge in [0.25, 0.3) is 0 Å². The number of halogens is 2. The largest absolute Gasteiger partial charge is 0.481 e. The van der Waals surface area contributed by atoms with E-state index >= 15 is 0 Å². The molecule has 0 bridgehead atoms. The van der Waals surface area contributed by atoms with E-state index in [9.17, 15) is 9.18 Å². The van der Waals surface area contributed by atoms with Gasteiger partial charge in [-0.2, -0.15) is 0 Å². The summed E-state index contributed by atoms with van der Waals surface area (Å²) in [7, 11) is 0. The molecule has 0 amide bonds. The SMILES string of the molecule is O=C(O)C1CCC1Cc1ccc(F)c(Br)c1. The fourth-order valence-electron chi connectivity index (χ4n) is 2.11. The minimum atomic E-state index is -0.711. The molecule has 2 rings (SSSR count). The van der Waals surface area contributed by atoms with E-state index in [-0.39, 0.29) is 17.7 Å². The van der Waals surface area contributed by atoms with Gasteiger partial charge in [0.1, 0.15) is 5.82 Å². The second kappa shape index (κ2) is 4.53. The second-order valence-corrected chi connectivity index (χ2v) is 5.09. The number of carbonyl (C=O) groups is 1. The molecular formula is C12H12BrFO2. The van der Waals surface area contributed by atoms with Crippen LogP contribution in [0, 0.1) is 17.7 Å². The Labute approximate surface area is 102 Å². The predicted octanol–water partition coefficient (Wildman–Crippen LogP) is 3.24. The third kappa shape index (κ3) is 2.26. The van der Waals surface area contributed by atoms with Crippen LogP contribution in [0.15, 0.2) is 22.7 Å². The summed E-state index contributed by atoms with van der Waals surface area (Å²) in [6.45, 7) is 0. The number of carboxylic acids is 1. The summed E-state index contributed by atoms with van der Waals surface area (Å²) in [6, 6.07) is 4.86. The van der Waals surface area contributed by atoms with Gasteiger partial charge >= 0.3 is 5.97 Å². The van der Waals surface area contributed by atoms with Crippen LogP contribution in [0.4, 0.5) is 4.39 Å². The molecule has 0 aromatic heterocycles. The van der Waals surface area contributed by atoms with Crippen LogP contribution in [0.5, 0.6) is 0 Å². The van der Waals surface area contributed by atoms with Crippen molar-refractivity contribution in [3.8, 4) is 0 Å². The molecule has 1 aromatic rings. The molecule has 16 heavy (non-hydrogen) atoms. The van der Waals surface area contributed by atoms with Crippen LogP contribution >= 0.6 is 15.9 Å². The predicted molar refractivity (Wildman–Crippen MR) is 61.7 cm³/mol. The van der Waals surface area contributed by atoms with Crippen molar-refractivity contribution in [2.24, 2.45) is 11.8 Å². The van der Waals surface area contributed by atoms with Crippen LogP contribution in [0.25, 0.3) is 0 Å². The van der Waals surface area contributed by atoms with Gasteiger partial charge in [-0.25, -0.2) is 4.39 Å². The van der Waals surface area contributed by atoms with Gasteiger partial charge in [0, 0.05) is 0 Å².